The van der Waals surface area contributed by atoms with Crippen LogP contribution in [0.25, 0.3) is 0 Å². The van der Waals surface area contributed by atoms with Crippen LogP contribution in [-0.4, -0.2) is 17.7 Å². The van der Waals surface area contributed by atoms with E-state index in [4.69, 9.17) is 4.74 Å². The van der Waals surface area contributed by atoms with Crippen molar-refractivity contribution in [1.82, 2.24) is 0 Å². The second-order valence-electron chi connectivity index (χ2n) is 6.29. The fourth-order valence-electron chi connectivity index (χ4n) is 2.78. The Bertz CT molecular complexity index is 454. The molecule has 1 N–H and O–H groups in total. The fourth-order valence-corrected chi connectivity index (χ4v) is 2.78. The summed E-state index contributed by atoms with van der Waals surface area (Å²) in [6, 6.07) is 5.25. The van der Waals surface area contributed by atoms with Crippen LogP contribution < -0.4 is 4.74 Å². The Kier molecular flexibility index (Phi) is 10.2. The van der Waals surface area contributed by atoms with Gasteiger partial charge < -0.3 is 9.84 Å². The molecule has 0 saturated carbocycles. The lowest BCUT2D eigenvalue weighted by atomic mass is 10.1. The van der Waals surface area contributed by atoms with Crippen LogP contribution in [0.4, 0.5) is 0 Å². The number of carbonyl (C=O) groups is 1. The molecule has 0 unspecified atom stereocenters. The molecule has 1 aromatic carbocycles. The number of hydrogen-bond acceptors (Lipinski definition) is 2. The highest BCUT2D eigenvalue weighted by Crippen LogP contribution is 2.23. The normalized spacial score (nSPS) is 10.7. The van der Waals surface area contributed by atoms with E-state index in [1.54, 1.807) is 12.1 Å². The van der Waals surface area contributed by atoms with Crippen LogP contribution in [0.1, 0.15) is 87.1 Å². The summed E-state index contributed by atoms with van der Waals surface area (Å²) in [7, 11) is 0. The van der Waals surface area contributed by atoms with Crippen LogP contribution in [-0.2, 0) is 0 Å². The Hall–Kier alpha value is -1.51. The minimum absolute atomic E-state index is 0.261. The molecule has 130 valence electrons. The van der Waals surface area contributed by atoms with E-state index in [1.165, 1.54) is 51.4 Å². The highest BCUT2D eigenvalue weighted by atomic mass is 16.5. The van der Waals surface area contributed by atoms with E-state index in [9.17, 15) is 9.90 Å². The van der Waals surface area contributed by atoms with E-state index in [0.717, 1.165) is 18.4 Å². The van der Waals surface area contributed by atoms with E-state index in [2.05, 4.69) is 6.92 Å². The van der Waals surface area contributed by atoms with Crippen molar-refractivity contribution in [1.29, 1.82) is 0 Å². The van der Waals surface area contributed by atoms with E-state index < -0.39 is 5.97 Å². The molecule has 0 amide bonds. The summed E-state index contributed by atoms with van der Waals surface area (Å²) >= 11 is 0. The van der Waals surface area contributed by atoms with Crippen molar-refractivity contribution in [3.8, 4) is 5.75 Å². The number of aryl methyl sites for hydroxylation is 1. The molecule has 0 aliphatic rings. The Morgan fingerprint density at radius 2 is 1.52 bits per heavy atom. The zero-order valence-corrected chi connectivity index (χ0v) is 14.8. The minimum atomic E-state index is -0.924. The Morgan fingerprint density at radius 1 is 0.957 bits per heavy atom. The van der Waals surface area contributed by atoms with Crippen molar-refractivity contribution in [3.63, 3.8) is 0 Å². The number of rotatable bonds is 13. The second kappa shape index (κ2) is 12.0. The van der Waals surface area contributed by atoms with Gasteiger partial charge in [0.25, 0.3) is 0 Å². The Balaban J connectivity index is 2.11. The first-order chi connectivity index (χ1) is 11.2. The van der Waals surface area contributed by atoms with Crippen LogP contribution in [0.2, 0.25) is 0 Å². The number of carboxylic acid groups (broad SMARTS) is 1. The van der Waals surface area contributed by atoms with E-state index in [1.807, 2.05) is 13.0 Å². The van der Waals surface area contributed by atoms with Gasteiger partial charge in [-0.25, -0.2) is 4.79 Å². The zero-order chi connectivity index (χ0) is 16.9. The van der Waals surface area contributed by atoms with Crippen LogP contribution in [0.15, 0.2) is 18.2 Å². The van der Waals surface area contributed by atoms with Crippen molar-refractivity contribution in [2.75, 3.05) is 6.61 Å². The van der Waals surface area contributed by atoms with Crippen LogP contribution in [0.3, 0.4) is 0 Å². The van der Waals surface area contributed by atoms with Crippen molar-refractivity contribution in [2.24, 2.45) is 0 Å². The Labute approximate surface area is 141 Å². The number of para-hydroxylation sites is 1. The average molecular weight is 320 g/mol. The number of carboxylic acids is 1. The lowest BCUT2D eigenvalue weighted by Gasteiger charge is -2.11. The Morgan fingerprint density at radius 3 is 2.09 bits per heavy atom. The summed E-state index contributed by atoms with van der Waals surface area (Å²) in [6.07, 6.45) is 12.8. The van der Waals surface area contributed by atoms with E-state index in [-0.39, 0.29) is 5.56 Å². The topological polar surface area (TPSA) is 46.5 Å². The van der Waals surface area contributed by atoms with Crippen molar-refractivity contribution < 1.29 is 14.6 Å². The predicted molar refractivity (Wildman–Crippen MR) is 95.5 cm³/mol. The first-order valence-electron chi connectivity index (χ1n) is 9.12. The maximum atomic E-state index is 11.2. The minimum Gasteiger partial charge on any atom is -0.492 e. The SMILES string of the molecule is CCCCCCCCCCCCOc1c(C)cccc1C(=O)O. The van der Waals surface area contributed by atoms with Gasteiger partial charge in [0.15, 0.2) is 0 Å². The highest BCUT2D eigenvalue weighted by Gasteiger charge is 2.12. The van der Waals surface area contributed by atoms with Crippen LogP contribution in [0.5, 0.6) is 5.75 Å². The standard InChI is InChI=1S/C20H32O3/c1-3-4-5-6-7-8-9-10-11-12-16-23-19-17(2)14-13-15-18(19)20(21)22/h13-15H,3-12,16H2,1-2H3,(H,21,22). The quantitative estimate of drug-likeness (QED) is 0.454. The van der Waals surface area contributed by atoms with Crippen molar-refractivity contribution in [3.05, 3.63) is 29.3 Å². The molecule has 0 bridgehead atoms. The van der Waals surface area contributed by atoms with Gasteiger partial charge in [-0.1, -0.05) is 76.8 Å². The van der Waals surface area contributed by atoms with Gasteiger partial charge in [-0.05, 0) is 25.0 Å². The van der Waals surface area contributed by atoms with Gasteiger partial charge in [0, 0.05) is 0 Å². The molecule has 0 aromatic heterocycles. The number of unbranched alkanes of at least 4 members (excludes halogenated alkanes) is 9. The van der Waals surface area contributed by atoms with Crippen molar-refractivity contribution >= 4 is 5.97 Å². The number of hydrogen-bond donors (Lipinski definition) is 1. The summed E-state index contributed by atoms with van der Waals surface area (Å²) in [4.78, 5) is 11.2. The molecular formula is C20H32O3. The van der Waals surface area contributed by atoms with Gasteiger partial charge in [-0.3, -0.25) is 0 Å². The third kappa shape index (κ3) is 8.06. The number of ether oxygens (including phenoxy) is 1. The zero-order valence-electron chi connectivity index (χ0n) is 14.8. The molecule has 23 heavy (non-hydrogen) atoms. The lowest BCUT2D eigenvalue weighted by molar-refractivity contribution is 0.0692. The predicted octanol–water partition coefficient (Wildman–Crippen LogP) is 5.99. The lowest BCUT2D eigenvalue weighted by Crippen LogP contribution is -2.06. The van der Waals surface area contributed by atoms with Gasteiger partial charge in [0.05, 0.1) is 6.61 Å². The first kappa shape index (κ1) is 19.5. The van der Waals surface area contributed by atoms with Gasteiger partial charge in [0.1, 0.15) is 11.3 Å². The van der Waals surface area contributed by atoms with Crippen LogP contribution in [0, 0.1) is 6.92 Å². The molecule has 0 atom stereocenters. The summed E-state index contributed by atoms with van der Waals surface area (Å²) in [5, 5.41) is 9.19. The molecule has 0 radical (unpaired) electrons. The first-order valence-corrected chi connectivity index (χ1v) is 9.12. The van der Waals surface area contributed by atoms with Gasteiger partial charge in [0.2, 0.25) is 0 Å². The van der Waals surface area contributed by atoms with E-state index >= 15 is 0 Å². The maximum absolute atomic E-state index is 11.2. The second-order valence-corrected chi connectivity index (χ2v) is 6.29. The molecule has 3 heteroatoms. The molecule has 0 fully saturated rings. The molecule has 0 aliphatic heterocycles. The molecule has 1 rings (SSSR count). The van der Waals surface area contributed by atoms with Gasteiger partial charge in [-0.15, -0.1) is 0 Å². The molecule has 0 saturated heterocycles. The third-order valence-corrected chi connectivity index (χ3v) is 4.19. The van der Waals surface area contributed by atoms with Gasteiger partial charge in [-0.2, -0.15) is 0 Å². The monoisotopic (exact) mass is 320 g/mol. The smallest absolute Gasteiger partial charge is 0.339 e. The largest absolute Gasteiger partial charge is 0.492 e. The number of aromatic carboxylic acids is 1. The average Bonchev–Trinajstić information content (AvgIpc) is 2.53. The molecule has 0 heterocycles. The van der Waals surface area contributed by atoms with E-state index in [0.29, 0.717) is 12.4 Å². The molecule has 0 aliphatic carbocycles. The van der Waals surface area contributed by atoms with Gasteiger partial charge >= 0.3 is 5.97 Å². The summed E-state index contributed by atoms with van der Waals surface area (Å²) in [6.45, 7) is 4.74. The summed E-state index contributed by atoms with van der Waals surface area (Å²) in [5.74, 6) is -0.400. The van der Waals surface area contributed by atoms with Crippen LogP contribution >= 0.6 is 0 Å². The molecule has 0 spiro atoms. The highest BCUT2D eigenvalue weighted by molar-refractivity contribution is 5.91. The molecular weight excluding hydrogens is 288 g/mol. The maximum Gasteiger partial charge on any atom is 0.339 e. The van der Waals surface area contributed by atoms with Crippen molar-refractivity contribution in [2.45, 2.75) is 78.1 Å². The fraction of sp³-hybridized carbons (Fsp3) is 0.650. The summed E-state index contributed by atoms with van der Waals surface area (Å²) in [5.41, 5.74) is 1.15. The number of benzene rings is 1. The third-order valence-electron chi connectivity index (χ3n) is 4.19. The molecule has 3 nitrogen and oxygen atoms in total. The summed E-state index contributed by atoms with van der Waals surface area (Å²) < 4.78 is 5.72. The molecule has 1 aromatic rings.